The lowest BCUT2D eigenvalue weighted by molar-refractivity contribution is -0.0935. The van der Waals surface area contributed by atoms with Crippen molar-refractivity contribution in [3.8, 4) is 0 Å². The maximum Gasteiger partial charge on any atom is 0.352 e. The third-order valence-corrected chi connectivity index (χ3v) is 3.93. The summed E-state index contributed by atoms with van der Waals surface area (Å²) in [4.78, 5) is 32.8. The van der Waals surface area contributed by atoms with Crippen LogP contribution in [0.1, 0.15) is 16.8 Å². The number of aliphatic hydroxyl groups is 2. The monoisotopic (exact) mass is 332 g/mol. The first kappa shape index (κ1) is 16.2. The number of Topliss-reactive ketones (excluding diaryl/α,β-unsaturated/α-hetero) is 1. The van der Waals surface area contributed by atoms with E-state index < -0.39 is 36.0 Å². The number of nitrogens with two attached hydrogens (primary N) is 1. The Balaban J connectivity index is 2.16. The maximum absolute atomic E-state index is 13.0. The van der Waals surface area contributed by atoms with E-state index in [9.17, 15) is 19.8 Å². The van der Waals surface area contributed by atoms with Gasteiger partial charge in [0.2, 0.25) is 11.5 Å². The zero-order valence-corrected chi connectivity index (χ0v) is 12.6. The predicted octanol–water partition coefficient (Wildman–Crippen LogP) is -1.10. The molecule has 0 bridgehead atoms. The van der Waals surface area contributed by atoms with Gasteiger partial charge in [-0.25, -0.2) is 4.79 Å². The van der Waals surface area contributed by atoms with Crippen molar-refractivity contribution < 1.29 is 19.7 Å². The lowest BCUT2D eigenvalue weighted by Gasteiger charge is -2.29. The van der Waals surface area contributed by atoms with Gasteiger partial charge in [0.05, 0.1) is 12.7 Å². The second kappa shape index (κ2) is 6.11. The van der Waals surface area contributed by atoms with Crippen LogP contribution in [0.5, 0.6) is 0 Å². The molecule has 1 aliphatic rings. The predicted molar refractivity (Wildman–Crippen MR) is 82.0 cm³/mol. The maximum atomic E-state index is 13.0. The van der Waals surface area contributed by atoms with Crippen molar-refractivity contribution in [1.29, 1.82) is 0 Å². The Hall–Kier alpha value is -2.62. The molecule has 126 valence electrons. The Morgan fingerprint density at radius 1 is 1.50 bits per heavy atom. The first-order valence-corrected chi connectivity index (χ1v) is 7.25. The number of nitrogens with zero attached hydrogens (tertiary/aromatic N) is 3. The number of anilines is 1. The van der Waals surface area contributed by atoms with Crippen molar-refractivity contribution in [3.05, 3.63) is 52.8 Å². The highest BCUT2D eigenvalue weighted by Gasteiger charge is 2.53. The van der Waals surface area contributed by atoms with Crippen LogP contribution >= 0.6 is 0 Å². The molecule has 0 saturated carbocycles. The number of ketones is 1. The molecule has 9 heteroatoms. The third-order valence-electron chi connectivity index (χ3n) is 3.93. The van der Waals surface area contributed by atoms with E-state index in [1.807, 2.05) is 0 Å². The number of aromatic nitrogens is 3. The minimum absolute atomic E-state index is 0.00233. The number of carbonyl (C=O) groups is 1. The summed E-state index contributed by atoms with van der Waals surface area (Å²) in [5, 5.41) is 19.5. The molecule has 2 aromatic rings. The number of pyridine rings is 1. The van der Waals surface area contributed by atoms with Crippen molar-refractivity contribution in [1.82, 2.24) is 14.5 Å². The van der Waals surface area contributed by atoms with Crippen LogP contribution < -0.4 is 11.4 Å². The number of rotatable bonds is 4. The van der Waals surface area contributed by atoms with Gasteiger partial charge in [-0.05, 0) is 18.2 Å². The highest BCUT2D eigenvalue weighted by atomic mass is 16.6. The highest BCUT2D eigenvalue weighted by molar-refractivity contribution is 6.00. The molecular formula is C15H16N4O5. The Morgan fingerprint density at radius 2 is 2.29 bits per heavy atom. The number of ether oxygens (including phenoxy) is 1. The molecule has 3 heterocycles. The number of aliphatic hydroxyl groups excluding tert-OH is 2. The fraction of sp³-hybridized carbons (Fsp3) is 0.333. The molecule has 0 amide bonds. The third kappa shape index (κ3) is 2.58. The van der Waals surface area contributed by atoms with Crippen molar-refractivity contribution in [2.45, 2.75) is 24.4 Å². The van der Waals surface area contributed by atoms with E-state index in [-0.39, 0.29) is 17.8 Å². The summed E-state index contributed by atoms with van der Waals surface area (Å²) in [6.07, 6.45) is 1.78. The van der Waals surface area contributed by atoms with Gasteiger partial charge in [0.15, 0.2) is 0 Å². The van der Waals surface area contributed by atoms with E-state index in [0.29, 0.717) is 0 Å². The van der Waals surface area contributed by atoms with Crippen molar-refractivity contribution >= 4 is 11.6 Å². The van der Waals surface area contributed by atoms with Crippen molar-refractivity contribution in [3.63, 3.8) is 0 Å². The summed E-state index contributed by atoms with van der Waals surface area (Å²) in [5.41, 5.74) is 3.07. The lowest BCUT2D eigenvalue weighted by Crippen LogP contribution is -2.48. The van der Waals surface area contributed by atoms with Crippen LogP contribution in [0.4, 0.5) is 5.82 Å². The molecular weight excluding hydrogens is 316 g/mol. The molecule has 24 heavy (non-hydrogen) atoms. The number of hydrogen-bond donors (Lipinski definition) is 3. The smallest absolute Gasteiger partial charge is 0.352 e. The van der Waals surface area contributed by atoms with Gasteiger partial charge in [0.1, 0.15) is 11.9 Å². The van der Waals surface area contributed by atoms with Crippen LogP contribution in [0, 0.1) is 0 Å². The molecule has 1 saturated heterocycles. The molecule has 0 radical (unpaired) electrons. The molecule has 0 unspecified atom stereocenters. The van der Waals surface area contributed by atoms with Crippen LogP contribution in [-0.2, 0) is 10.5 Å². The Bertz CT molecular complexity index is 809. The standard InChI is InChI=1S/C15H16N4O5/c16-12-3-5-19(14(23)18-12)15(6-10(21)11(8-20)24-15)13(22)9-2-1-4-17-7-9/h1-5,7,10-11,20-21H,6,8H2,(H2,16,18,23)/t10-,11+,15-/m0/s1. The van der Waals surface area contributed by atoms with Crippen LogP contribution in [0.2, 0.25) is 0 Å². The van der Waals surface area contributed by atoms with Gasteiger partial charge in [-0.2, -0.15) is 4.98 Å². The average Bonchev–Trinajstić information content (AvgIpc) is 2.92. The fourth-order valence-electron chi connectivity index (χ4n) is 2.78. The topological polar surface area (TPSA) is 141 Å². The molecule has 0 aliphatic carbocycles. The minimum atomic E-state index is -1.83. The van der Waals surface area contributed by atoms with Gasteiger partial charge < -0.3 is 20.7 Å². The van der Waals surface area contributed by atoms with Crippen LogP contribution in [-0.4, -0.2) is 49.3 Å². The second-order valence-corrected chi connectivity index (χ2v) is 5.47. The summed E-state index contributed by atoms with van der Waals surface area (Å²) < 4.78 is 6.62. The zero-order chi connectivity index (χ0) is 17.3. The quantitative estimate of drug-likeness (QED) is 0.599. The summed E-state index contributed by atoms with van der Waals surface area (Å²) in [5.74, 6) is -0.572. The Kier molecular flexibility index (Phi) is 4.14. The Labute approximate surface area is 136 Å². The molecule has 4 N–H and O–H groups in total. The second-order valence-electron chi connectivity index (χ2n) is 5.47. The van der Waals surface area contributed by atoms with Gasteiger partial charge >= 0.3 is 5.69 Å². The summed E-state index contributed by atoms with van der Waals surface area (Å²) in [6, 6.07) is 4.44. The SMILES string of the molecule is Nc1ccn([C@@]2(C(=O)c3cccnc3)C[C@H](O)[C@@H](CO)O2)c(=O)n1. The van der Waals surface area contributed by atoms with Crippen molar-refractivity contribution in [2.75, 3.05) is 12.3 Å². The van der Waals surface area contributed by atoms with Gasteiger partial charge in [-0.3, -0.25) is 14.3 Å². The van der Waals surface area contributed by atoms with Gasteiger partial charge in [-0.1, -0.05) is 0 Å². The summed E-state index contributed by atoms with van der Waals surface area (Å²) in [6.45, 7) is -0.500. The fourth-order valence-corrected chi connectivity index (χ4v) is 2.78. The van der Waals surface area contributed by atoms with Gasteiger partial charge in [0, 0.05) is 30.6 Å². The molecule has 3 atom stereocenters. The van der Waals surface area contributed by atoms with Gasteiger partial charge in [-0.15, -0.1) is 0 Å². The normalized spacial score (nSPS) is 26.4. The van der Waals surface area contributed by atoms with Crippen LogP contribution in [0.3, 0.4) is 0 Å². The number of hydrogen-bond acceptors (Lipinski definition) is 8. The molecule has 1 fully saturated rings. The van der Waals surface area contributed by atoms with Crippen LogP contribution in [0.15, 0.2) is 41.6 Å². The molecule has 2 aromatic heterocycles. The van der Waals surface area contributed by atoms with E-state index in [1.54, 1.807) is 6.07 Å². The molecule has 0 spiro atoms. The van der Waals surface area contributed by atoms with E-state index >= 15 is 0 Å². The number of nitrogen functional groups attached to an aromatic ring is 1. The number of carbonyl (C=O) groups excluding carboxylic acids is 1. The zero-order valence-electron chi connectivity index (χ0n) is 12.6. The summed E-state index contributed by atoms with van der Waals surface area (Å²) in [7, 11) is 0. The first-order chi connectivity index (χ1) is 11.5. The largest absolute Gasteiger partial charge is 0.394 e. The molecule has 3 rings (SSSR count). The van der Waals surface area contributed by atoms with E-state index in [0.717, 1.165) is 4.57 Å². The summed E-state index contributed by atoms with van der Waals surface area (Å²) >= 11 is 0. The van der Waals surface area contributed by atoms with Crippen molar-refractivity contribution in [2.24, 2.45) is 0 Å². The highest BCUT2D eigenvalue weighted by Crippen LogP contribution is 2.37. The van der Waals surface area contributed by atoms with E-state index in [2.05, 4.69) is 9.97 Å². The minimum Gasteiger partial charge on any atom is -0.394 e. The average molecular weight is 332 g/mol. The lowest BCUT2D eigenvalue weighted by atomic mass is 9.97. The van der Waals surface area contributed by atoms with E-state index in [4.69, 9.17) is 10.5 Å². The molecule has 0 aromatic carbocycles. The van der Waals surface area contributed by atoms with Crippen LogP contribution in [0.25, 0.3) is 0 Å². The van der Waals surface area contributed by atoms with E-state index in [1.165, 1.54) is 30.7 Å². The Morgan fingerprint density at radius 3 is 2.88 bits per heavy atom. The van der Waals surface area contributed by atoms with Gasteiger partial charge in [0.25, 0.3) is 0 Å². The first-order valence-electron chi connectivity index (χ1n) is 7.25. The molecule has 9 nitrogen and oxygen atoms in total. The molecule has 1 aliphatic heterocycles.